The van der Waals surface area contributed by atoms with Crippen LogP contribution in [0.3, 0.4) is 0 Å². The molecule has 0 atom stereocenters. The Hall–Kier alpha value is -2.83. The van der Waals surface area contributed by atoms with Crippen LogP contribution in [-0.2, 0) is 15.6 Å². The van der Waals surface area contributed by atoms with E-state index in [2.05, 4.69) is 17.1 Å². The van der Waals surface area contributed by atoms with E-state index in [0.29, 0.717) is 4.90 Å². The van der Waals surface area contributed by atoms with E-state index in [1.807, 2.05) is 60.7 Å². The fraction of sp³-hybridized carbons (Fsp3) is 0.0870. The van der Waals surface area contributed by atoms with Crippen molar-refractivity contribution in [2.24, 2.45) is 0 Å². The normalized spacial score (nSPS) is 11.5. The van der Waals surface area contributed by atoms with Crippen molar-refractivity contribution in [1.29, 1.82) is 0 Å². The lowest BCUT2D eigenvalue weighted by Crippen LogP contribution is -1.96. The average Bonchev–Trinajstić information content (AvgIpc) is 3.17. The zero-order valence-corrected chi connectivity index (χ0v) is 17.5. The Morgan fingerprint density at radius 1 is 0.828 bits per heavy atom. The number of rotatable bonds is 6. The highest BCUT2D eigenvalue weighted by molar-refractivity contribution is 7.98. The molecular formula is C23H20N2O2S2. The molecule has 0 spiro atoms. The van der Waals surface area contributed by atoms with Crippen molar-refractivity contribution in [2.45, 2.75) is 15.8 Å². The Morgan fingerprint density at radius 2 is 1.45 bits per heavy atom. The molecule has 0 amide bonds. The van der Waals surface area contributed by atoms with Crippen LogP contribution in [0, 0.1) is 0 Å². The second kappa shape index (κ2) is 8.27. The van der Waals surface area contributed by atoms with Crippen molar-refractivity contribution in [2.75, 3.05) is 6.26 Å². The lowest BCUT2D eigenvalue weighted by atomic mass is 10.1. The van der Waals surface area contributed by atoms with Crippen LogP contribution in [0.4, 0.5) is 0 Å². The molecule has 4 aromatic rings. The number of aromatic nitrogens is 2. The summed E-state index contributed by atoms with van der Waals surface area (Å²) in [6.45, 7) is 0. The van der Waals surface area contributed by atoms with E-state index < -0.39 is 9.84 Å². The lowest BCUT2D eigenvalue weighted by Gasteiger charge is -2.04. The molecule has 0 aliphatic carbocycles. The van der Waals surface area contributed by atoms with E-state index in [4.69, 9.17) is 4.98 Å². The zero-order chi connectivity index (χ0) is 20.3. The van der Waals surface area contributed by atoms with Crippen molar-refractivity contribution in [3.8, 4) is 22.5 Å². The maximum absolute atomic E-state index is 11.8. The Labute approximate surface area is 175 Å². The molecule has 29 heavy (non-hydrogen) atoms. The highest BCUT2D eigenvalue weighted by atomic mass is 32.2. The van der Waals surface area contributed by atoms with Gasteiger partial charge in [0.1, 0.15) is 0 Å². The maximum Gasteiger partial charge on any atom is 0.175 e. The van der Waals surface area contributed by atoms with Crippen LogP contribution in [0.25, 0.3) is 22.5 Å². The summed E-state index contributed by atoms with van der Waals surface area (Å²) < 4.78 is 23.5. The van der Waals surface area contributed by atoms with E-state index >= 15 is 0 Å². The maximum atomic E-state index is 11.8. The number of sulfone groups is 1. The smallest absolute Gasteiger partial charge is 0.175 e. The molecule has 0 unspecified atom stereocenters. The molecule has 0 aliphatic heterocycles. The molecule has 0 saturated carbocycles. The minimum atomic E-state index is -3.23. The summed E-state index contributed by atoms with van der Waals surface area (Å²) in [5, 5.41) is 0.829. The highest BCUT2D eigenvalue weighted by Crippen LogP contribution is 2.34. The standard InChI is InChI=1S/C23H20N2O2S2/c1-29(26,27)20-14-12-19(13-15-20)22-21(18-10-6-3-7-11-18)24-23(25-22)28-16-17-8-4-2-5-9-17/h2-15H,16H2,1H3,(H,24,25). The molecule has 1 heterocycles. The minimum Gasteiger partial charge on any atom is -0.332 e. The van der Waals surface area contributed by atoms with Gasteiger partial charge in [-0.1, -0.05) is 84.6 Å². The second-order valence-electron chi connectivity index (χ2n) is 6.70. The molecular weight excluding hydrogens is 400 g/mol. The summed E-state index contributed by atoms with van der Waals surface area (Å²) in [7, 11) is -3.23. The van der Waals surface area contributed by atoms with E-state index in [9.17, 15) is 8.42 Å². The number of thioether (sulfide) groups is 1. The van der Waals surface area contributed by atoms with Crippen molar-refractivity contribution in [3.63, 3.8) is 0 Å². The monoisotopic (exact) mass is 420 g/mol. The molecule has 0 radical (unpaired) electrons. The van der Waals surface area contributed by atoms with Gasteiger partial charge in [0.2, 0.25) is 0 Å². The van der Waals surface area contributed by atoms with E-state index in [-0.39, 0.29) is 0 Å². The first kappa shape index (κ1) is 19.5. The van der Waals surface area contributed by atoms with Crippen LogP contribution in [0.1, 0.15) is 5.56 Å². The quantitative estimate of drug-likeness (QED) is 0.422. The van der Waals surface area contributed by atoms with Crippen LogP contribution in [0.15, 0.2) is 95.0 Å². The van der Waals surface area contributed by atoms with E-state index in [1.54, 1.807) is 23.9 Å². The van der Waals surface area contributed by atoms with Gasteiger partial charge in [0, 0.05) is 23.1 Å². The van der Waals surface area contributed by atoms with Crippen molar-refractivity contribution < 1.29 is 8.42 Å². The Balaban J connectivity index is 1.70. The van der Waals surface area contributed by atoms with Crippen molar-refractivity contribution in [1.82, 2.24) is 9.97 Å². The Bertz CT molecular complexity index is 1200. The number of benzene rings is 3. The van der Waals surface area contributed by atoms with Crippen molar-refractivity contribution >= 4 is 21.6 Å². The van der Waals surface area contributed by atoms with Gasteiger partial charge in [0.15, 0.2) is 15.0 Å². The molecule has 0 fully saturated rings. The molecule has 146 valence electrons. The molecule has 1 N–H and O–H groups in total. The van der Waals surface area contributed by atoms with Gasteiger partial charge in [-0.3, -0.25) is 0 Å². The van der Waals surface area contributed by atoms with E-state index in [0.717, 1.165) is 33.4 Å². The van der Waals surface area contributed by atoms with E-state index in [1.165, 1.54) is 11.8 Å². The van der Waals surface area contributed by atoms with Gasteiger partial charge < -0.3 is 4.98 Å². The predicted octanol–water partition coefficient (Wildman–Crippen LogP) is 5.44. The van der Waals surface area contributed by atoms with Crippen LogP contribution < -0.4 is 0 Å². The van der Waals surface area contributed by atoms with Crippen LogP contribution in [0.5, 0.6) is 0 Å². The summed E-state index contributed by atoms with van der Waals surface area (Å²) in [6, 6.07) is 27.2. The van der Waals surface area contributed by atoms with Gasteiger partial charge in [0.25, 0.3) is 0 Å². The third-order valence-electron chi connectivity index (χ3n) is 4.52. The fourth-order valence-electron chi connectivity index (χ4n) is 3.03. The van der Waals surface area contributed by atoms with Crippen molar-refractivity contribution in [3.05, 3.63) is 90.5 Å². The molecule has 4 nitrogen and oxygen atoms in total. The number of nitrogens with one attached hydrogen (secondary N) is 1. The van der Waals surface area contributed by atoms with Crippen LogP contribution >= 0.6 is 11.8 Å². The first-order chi connectivity index (χ1) is 14.0. The van der Waals surface area contributed by atoms with Gasteiger partial charge in [-0.05, 0) is 17.7 Å². The summed E-state index contributed by atoms with van der Waals surface area (Å²) >= 11 is 1.64. The molecule has 1 aromatic heterocycles. The summed E-state index contributed by atoms with van der Waals surface area (Å²) in [5.41, 5.74) is 4.88. The number of hydrogen-bond acceptors (Lipinski definition) is 4. The predicted molar refractivity (Wildman–Crippen MR) is 119 cm³/mol. The largest absolute Gasteiger partial charge is 0.332 e. The molecule has 0 aliphatic rings. The third-order valence-corrected chi connectivity index (χ3v) is 6.59. The fourth-order valence-corrected chi connectivity index (χ4v) is 4.48. The van der Waals surface area contributed by atoms with Crippen LogP contribution in [-0.4, -0.2) is 24.6 Å². The Kier molecular flexibility index (Phi) is 5.56. The van der Waals surface area contributed by atoms with Crippen LogP contribution in [0.2, 0.25) is 0 Å². The average molecular weight is 421 g/mol. The first-order valence-corrected chi connectivity index (χ1v) is 12.0. The zero-order valence-electron chi connectivity index (χ0n) is 15.9. The summed E-state index contributed by atoms with van der Waals surface area (Å²) in [5.74, 6) is 0.815. The Morgan fingerprint density at radius 3 is 2.07 bits per heavy atom. The van der Waals surface area contributed by atoms with Gasteiger partial charge in [-0.2, -0.15) is 0 Å². The molecule has 4 rings (SSSR count). The minimum absolute atomic E-state index is 0.306. The van der Waals surface area contributed by atoms with Gasteiger partial charge in [-0.25, -0.2) is 13.4 Å². The molecule has 0 bridgehead atoms. The number of imidazole rings is 1. The third kappa shape index (κ3) is 4.60. The molecule has 3 aromatic carbocycles. The van der Waals surface area contributed by atoms with Gasteiger partial charge in [-0.15, -0.1) is 0 Å². The number of nitrogens with zero attached hydrogens (tertiary/aromatic N) is 1. The lowest BCUT2D eigenvalue weighted by molar-refractivity contribution is 0.602. The highest BCUT2D eigenvalue weighted by Gasteiger charge is 2.15. The molecule has 6 heteroatoms. The number of H-pyrrole nitrogens is 1. The topological polar surface area (TPSA) is 62.8 Å². The SMILES string of the molecule is CS(=O)(=O)c1ccc(-c2[nH]c(SCc3ccccc3)nc2-c2ccccc2)cc1. The number of hydrogen-bond donors (Lipinski definition) is 1. The van der Waals surface area contributed by atoms with Gasteiger partial charge in [0.05, 0.1) is 16.3 Å². The summed E-state index contributed by atoms with van der Waals surface area (Å²) in [4.78, 5) is 8.57. The molecule has 0 saturated heterocycles. The second-order valence-corrected chi connectivity index (χ2v) is 9.68. The first-order valence-electron chi connectivity index (χ1n) is 9.13. The summed E-state index contributed by atoms with van der Waals surface area (Å²) in [6.07, 6.45) is 1.21. The number of aromatic amines is 1. The van der Waals surface area contributed by atoms with Gasteiger partial charge >= 0.3 is 0 Å².